The molecule has 0 unspecified atom stereocenters. The smallest absolute Gasteiger partial charge is 0.0995 e. The van der Waals surface area contributed by atoms with E-state index in [4.69, 9.17) is 46.4 Å². The van der Waals surface area contributed by atoms with Gasteiger partial charge in [-0.3, -0.25) is 0 Å². The van der Waals surface area contributed by atoms with Crippen LogP contribution in [0, 0.1) is 0 Å². The fourth-order valence-corrected chi connectivity index (χ4v) is 4.52. The Morgan fingerprint density at radius 2 is 0.967 bits per heavy atom. The average molecular weight is 480 g/mol. The highest BCUT2D eigenvalue weighted by Crippen LogP contribution is 2.45. The van der Waals surface area contributed by atoms with Gasteiger partial charge >= 0.3 is 0 Å². The predicted molar refractivity (Wildman–Crippen MR) is 130 cm³/mol. The zero-order chi connectivity index (χ0) is 21.3. The van der Waals surface area contributed by atoms with Crippen LogP contribution in [0.1, 0.15) is 29.2 Å². The molecule has 0 N–H and O–H groups in total. The molecule has 0 spiro atoms. The van der Waals surface area contributed by atoms with Gasteiger partial charge in [0.1, 0.15) is 0 Å². The molecule has 1 aliphatic heterocycles. The first kappa shape index (κ1) is 21.6. The van der Waals surface area contributed by atoms with Crippen LogP contribution < -0.4 is 9.80 Å². The van der Waals surface area contributed by atoms with Gasteiger partial charge in [-0.25, -0.2) is 0 Å². The Balaban J connectivity index is 1.65. The molecule has 2 nitrogen and oxygen atoms in total. The molecule has 0 saturated heterocycles. The van der Waals surface area contributed by atoms with Crippen LogP contribution in [0.2, 0.25) is 10.0 Å². The van der Waals surface area contributed by atoms with Crippen LogP contribution in [0.5, 0.6) is 0 Å². The van der Waals surface area contributed by atoms with Crippen LogP contribution >= 0.6 is 46.4 Å². The molecule has 1 heterocycles. The fraction of sp³-hybridized carbons (Fsp3) is 0.250. The molecule has 0 aromatic heterocycles. The minimum atomic E-state index is 0.148. The van der Waals surface area contributed by atoms with Gasteiger partial charge in [-0.15, -0.1) is 23.2 Å². The van der Waals surface area contributed by atoms with Crippen LogP contribution in [0.4, 0.5) is 11.4 Å². The molecule has 0 fully saturated rings. The summed E-state index contributed by atoms with van der Waals surface area (Å²) in [7, 11) is 0. The quantitative estimate of drug-likeness (QED) is 0.332. The summed E-state index contributed by atoms with van der Waals surface area (Å²) in [6.07, 6.45) is 0.148. The Hall–Kier alpha value is -1.58. The monoisotopic (exact) mass is 478 g/mol. The van der Waals surface area contributed by atoms with Crippen molar-refractivity contribution in [1.29, 1.82) is 0 Å². The minimum Gasteiger partial charge on any atom is -0.345 e. The molecule has 30 heavy (non-hydrogen) atoms. The molecular weight excluding hydrogens is 458 g/mol. The summed E-state index contributed by atoms with van der Waals surface area (Å²) < 4.78 is 0. The van der Waals surface area contributed by atoms with E-state index >= 15 is 0 Å². The third-order valence-corrected chi connectivity index (χ3v) is 6.94. The van der Waals surface area contributed by atoms with E-state index in [1.807, 2.05) is 12.1 Å². The largest absolute Gasteiger partial charge is 0.345 e. The summed E-state index contributed by atoms with van der Waals surface area (Å²) in [6, 6.07) is 20.8. The average Bonchev–Trinajstić information content (AvgIpc) is 3.00. The van der Waals surface area contributed by atoms with Crippen molar-refractivity contribution in [2.45, 2.75) is 37.9 Å². The Kier molecular flexibility index (Phi) is 6.69. The molecular formula is C24H22Cl4N2. The predicted octanol–water partition coefficient (Wildman–Crippen LogP) is 7.84. The number of hydrogen-bond acceptors (Lipinski definition) is 2. The molecule has 6 heteroatoms. The van der Waals surface area contributed by atoms with Gasteiger partial charge in [0.05, 0.1) is 27.6 Å². The van der Waals surface area contributed by atoms with E-state index in [-0.39, 0.29) is 6.17 Å². The van der Waals surface area contributed by atoms with Crippen molar-refractivity contribution >= 4 is 57.8 Å². The van der Waals surface area contributed by atoms with E-state index in [2.05, 4.69) is 65.3 Å². The van der Waals surface area contributed by atoms with Gasteiger partial charge < -0.3 is 9.80 Å². The number of nitrogens with zero attached hydrogens (tertiary/aromatic N) is 2. The van der Waals surface area contributed by atoms with Gasteiger partial charge in [-0.2, -0.15) is 0 Å². The Bertz CT molecular complexity index is 936. The summed E-state index contributed by atoms with van der Waals surface area (Å²) in [5, 5.41) is 1.14. The lowest BCUT2D eigenvalue weighted by Gasteiger charge is -2.30. The molecule has 156 valence electrons. The summed E-state index contributed by atoms with van der Waals surface area (Å²) in [4.78, 5) is 4.72. The van der Waals surface area contributed by atoms with Crippen molar-refractivity contribution in [3.05, 3.63) is 93.0 Å². The first-order valence-electron chi connectivity index (χ1n) is 9.80. The number of benzene rings is 3. The molecule has 0 radical (unpaired) electrons. The van der Waals surface area contributed by atoms with Crippen LogP contribution in [-0.4, -0.2) is 6.17 Å². The van der Waals surface area contributed by atoms with Crippen LogP contribution in [-0.2, 0) is 24.8 Å². The molecule has 4 rings (SSSR count). The zero-order valence-corrected chi connectivity index (χ0v) is 19.6. The highest BCUT2D eigenvalue weighted by Gasteiger charge is 2.33. The second-order valence-electron chi connectivity index (χ2n) is 7.54. The van der Waals surface area contributed by atoms with Gasteiger partial charge in [0.25, 0.3) is 0 Å². The van der Waals surface area contributed by atoms with Crippen LogP contribution in [0.3, 0.4) is 0 Å². The molecule has 0 saturated carbocycles. The van der Waals surface area contributed by atoms with Crippen molar-refractivity contribution in [2.75, 3.05) is 9.80 Å². The first-order chi connectivity index (χ1) is 14.5. The normalized spacial score (nSPS) is 13.8. The third-order valence-electron chi connectivity index (χ3n) is 5.60. The van der Waals surface area contributed by atoms with Crippen LogP contribution in [0.25, 0.3) is 0 Å². The number of alkyl halides is 2. The Morgan fingerprint density at radius 1 is 0.633 bits per heavy atom. The molecule has 0 aliphatic carbocycles. The van der Waals surface area contributed by atoms with Gasteiger partial charge in [0, 0.05) is 24.8 Å². The maximum absolute atomic E-state index is 6.38. The zero-order valence-electron chi connectivity index (χ0n) is 16.6. The van der Waals surface area contributed by atoms with E-state index < -0.39 is 0 Å². The number of rotatable bonds is 6. The van der Waals surface area contributed by atoms with Crippen molar-refractivity contribution in [3.63, 3.8) is 0 Å². The van der Waals surface area contributed by atoms with Crippen LogP contribution in [0.15, 0.2) is 60.7 Å². The molecule has 0 bridgehead atoms. The number of anilines is 2. The highest BCUT2D eigenvalue weighted by atomic mass is 35.5. The van der Waals surface area contributed by atoms with Crippen molar-refractivity contribution in [3.8, 4) is 0 Å². The highest BCUT2D eigenvalue weighted by molar-refractivity contribution is 6.42. The third kappa shape index (κ3) is 4.38. The van der Waals surface area contributed by atoms with E-state index in [1.165, 1.54) is 11.1 Å². The Morgan fingerprint density at radius 3 is 1.30 bits per heavy atom. The maximum Gasteiger partial charge on any atom is 0.0995 e. The van der Waals surface area contributed by atoms with Gasteiger partial charge in [-0.05, 0) is 41.3 Å². The van der Waals surface area contributed by atoms with Gasteiger partial charge in [0.2, 0.25) is 0 Å². The van der Waals surface area contributed by atoms with Crippen molar-refractivity contribution in [2.24, 2.45) is 0 Å². The summed E-state index contributed by atoms with van der Waals surface area (Å²) >= 11 is 24.6. The van der Waals surface area contributed by atoms with E-state index in [1.54, 1.807) is 0 Å². The van der Waals surface area contributed by atoms with Gasteiger partial charge in [-0.1, -0.05) is 71.7 Å². The molecule has 0 amide bonds. The first-order valence-corrected chi connectivity index (χ1v) is 11.6. The van der Waals surface area contributed by atoms with E-state index in [0.29, 0.717) is 21.8 Å². The number of halogens is 4. The lowest BCUT2D eigenvalue weighted by atomic mass is 10.1. The van der Waals surface area contributed by atoms with Crippen molar-refractivity contribution in [1.82, 2.24) is 0 Å². The topological polar surface area (TPSA) is 6.48 Å². The fourth-order valence-electron chi connectivity index (χ4n) is 3.85. The standard InChI is InChI=1S/C24H22Cl4N2/c1-16-29(14-19-6-2-17(12-25)3-7-19)23-10-21(27)22(28)11-24(23)30(16)15-20-8-4-18(13-26)5-9-20/h2-11,16H,12-15H2,1H3. The van der Waals surface area contributed by atoms with E-state index in [0.717, 1.165) is 35.6 Å². The summed E-state index contributed by atoms with van der Waals surface area (Å²) in [5.74, 6) is 1.04. The lowest BCUT2D eigenvalue weighted by Crippen LogP contribution is -2.40. The molecule has 3 aromatic carbocycles. The summed E-state index contributed by atoms with van der Waals surface area (Å²) in [5.41, 5.74) is 6.87. The van der Waals surface area contributed by atoms with Crippen molar-refractivity contribution < 1.29 is 0 Å². The van der Waals surface area contributed by atoms with E-state index in [9.17, 15) is 0 Å². The second-order valence-corrected chi connectivity index (χ2v) is 8.89. The molecule has 3 aromatic rings. The SMILES string of the molecule is CC1N(Cc2ccc(CCl)cc2)c2cc(Cl)c(Cl)cc2N1Cc1ccc(CCl)cc1. The summed E-state index contributed by atoms with van der Waals surface area (Å²) in [6.45, 7) is 3.76. The Labute approximate surface area is 197 Å². The number of fused-ring (bicyclic) bond motifs is 1. The molecule has 1 aliphatic rings. The minimum absolute atomic E-state index is 0.148. The molecule has 0 atom stereocenters. The maximum atomic E-state index is 6.38. The lowest BCUT2D eigenvalue weighted by molar-refractivity contribution is 0.617. The number of hydrogen-bond donors (Lipinski definition) is 0. The second kappa shape index (κ2) is 9.28. The van der Waals surface area contributed by atoms with Gasteiger partial charge in [0.15, 0.2) is 0 Å².